The number of hydrogen-bond acceptors (Lipinski definition) is 5. The average molecular weight is 251 g/mol. The van der Waals surface area contributed by atoms with Crippen LogP contribution in [-0.2, 0) is 4.74 Å². The number of anilines is 1. The van der Waals surface area contributed by atoms with Crippen LogP contribution >= 0.6 is 11.8 Å². The fourth-order valence-electron chi connectivity index (χ4n) is 2.55. The molecule has 1 atom stereocenters. The van der Waals surface area contributed by atoms with Crippen LogP contribution in [0.15, 0.2) is 12.1 Å². The summed E-state index contributed by atoms with van der Waals surface area (Å²) in [6.07, 6.45) is 1.61. The van der Waals surface area contributed by atoms with Crippen LogP contribution in [0.25, 0.3) is 0 Å². The van der Waals surface area contributed by atoms with E-state index in [1.165, 1.54) is 6.42 Å². The Morgan fingerprint density at radius 1 is 1.41 bits per heavy atom. The molecule has 1 aromatic rings. The zero-order valence-electron chi connectivity index (χ0n) is 10.2. The van der Waals surface area contributed by atoms with E-state index in [2.05, 4.69) is 32.9 Å². The second-order valence-corrected chi connectivity index (χ2v) is 6.43. The van der Waals surface area contributed by atoms with Crippen molar-refractivity contribution in [3.8, 4) is 0 Å². The van der Waals surface area contributed by atoms with Gasteiger partial charge in [0.2, 0.25) is 0 Å². The lowest BCUT2D eigenvalue weighted by Gasteiger charge is -2.47. The maximum atomic E-state index is 5.43. The third kappa shape index (κ3) is 2.02. The number of ether oxygens (including phenoxy) is 1. The van der Waals surface area contributed by atoms with E-state index in [-0.39, 0.29) is 0 Å². The van der Waals surface area contributed by atoms with Gasteiger partial charge in [0.05, 0.1) is 16.5 Å². The lowest BCUT2D eigenvalue weighted by molar-refractivity contribution is 0.109. The van der Waals surface area contributed by atoms with Crippen LogP contribution in [0.1, 0.15) is 12.1 Å². The second kappa shape index (κ2) is 4.14. The summed E-state index contributed by atoms with van der Waals surface area (Å²) >= 11 is 2.05. The average Bonchev–Trinajstić information content (AvgIpc) is 2.73. The molecule has 0 amide bonds. The van der Waals surface area contributed by atoms with E-state index in [0.29, 0.717) is 10.9 Å². The second-order valence-electron chi connectivity index (χ2n) is 4.94. The van der Waals surface area contributed by atoms with E-state index < -0.39 is 0 Å². The summed E-state index contributed by atoms with van der Waals surface area (Å²) in [7, 11) is 1.81. The van der Waals surface area contributed by atoms with Gasteiger partial charge in [-0.15, -0.1) is 16.9 Å². The van der Waals surface area contributed by atoms with Gasteiger partial charge in [-0.3, -0.25) is 0 Å². The van der Waals surface area contributed by atoms with Gasteiger partial charge in [0.1, 0.15) is 0 Å². The van der Waals surface area contributed by atoms with Gasteiger partial charge in [-0.1, -0.05) is 0 Å². The largest absolute Gasteiger partial charge is 0.381 e. The third-order valence-corrected chi connectivity index (χ3v) is 5.15. The number of rotatable bonds is 2. The quantitative estimate of drug-likeness (QED) is 0.796. The van der Waals surface area contributed by atoms with Gasteiger partial charge in [0.15, 0.2) is 5.82 Å². The predicted octanol–water partition coefficient (Wildman–Crippen LogP) is 1.50. The Labute approximate surface area is 106 Å². The Bertz CT molecular complexity index is 403. The van der Waals surface area contributed by atoms with Gasteiger partial charge in [0.25, 0.3) is 0 Å². The molecule has 4 nitrogen and oxygen atoms in total. The molecule has 0 N–H and O–H groups in total. The van der Waals surface area contributed by atoms with Crippen molar-refractivity contribution < 1.29 is 4.74 Å². The van der Waals surface area contributed by atoms with Crippen molar-refractivity contribution in [2.45, 2.75) is 24.2 Å². The van der Waals surface area contributed by atoms with Gasteiger partial charge in [-0.05, 0) is 25.5 Å². The Kier molecular flexibility index (Phi) is 2.75. The summed E-state index contributed by atoms with van der Waals surface area (Å²) in [6, 6.07) is 4.08. The summed E-state index contributed by atoms with van der Waals surface area (Å²) in [5, 5.41) is 8.33. The molecule has 3 heterocycles. The van der Waals surface area contributed by atoms with Crippen LogP contribution in [0.2, 0.25) is 0 Å². The van der Waals surface area contributed by atoms with Crippen molar-refractivity contribution in [3.63, 3.8) is 0 Å². The van der Waals surface area contributed by atoms with Crippen LogP contribution in [0, 0.1) is 6.92 Å². The first kappa shape index (κ1) is 11.3. The molecule has 0 radical (unpaired) electrons. The van der Waals surface area contributed by atoms with Crippen LogP contribution in [0.3, 0.4) is 0 Å². The number of aryl methyl sites for hydroxylation is 1. The summed E-state index contributed by atoms with van der Waals surface area (Å²) < 4.78 is 5.84. The highest BCUT2D eigenvalue weighted by Gasteiger charge is 2.49. The van der Waals surface area contributed by atoms with E-state index in [1.807, 2.05) is 20.1 Å². The molecule has 2 fully saturated rings. The number of aromatic nitrogens is 2. The molecular formula is C12H17N3OS. The number of methoxy groups -OCH3 is 1. The van der Waals surface area contributed by atoms with Crippen molar-refractivity contribution in [1.82, 2.24) is 10.2 Å². The van der Waals surface area contributed by atoms with Gasteiger partial charge < -0.3 is 9.64 Å². The van der Waals surface area contributed by atoms with E-state index in [9.17, 15) is 0 Å². The molecule has 3 rings (SSSR count). The summed E-state index contributed by atoms with van der Waals surface area (Å²) in [4.78, 5) is 2.30. The molecular weight excluding hydrogens is 234 g/mol. The van der Waals surface area contributed by atoms with E-state index in [4.69, 9.17) is 4.74 Å². The van der Waals surface area contributed by atoms with Crippen LogP contribution in [0.4, 0.5) is 5.82 Å². The smallest absolute Gasteiger partial charge is 0.151 e. The number of thioether (sulfide) groups is 1. The third-order valence-electron chi connectivity index (χ3n) is 3.57. The molecule has 92 valence electrons. The maximum absolute atomic E-state index is 5.43. The highest BCUT2D eigenvalue weighted by Crippen LogP contribution is 2.46. The van der Waals surface area contributed by atoms with Crippen molar-refractivity contribution in [3.05, 3.63) is 17.8 Å². The molecule has 0 aliphatic carbocycles. The minimum atomic E-state index is 0.410. The molecule has 0 saturated carbocycles. The maximum Gasteiger partial charge on any atom is 0.151 e. The lowest BCUT2D eigenvalue weighted by atomic mass is 9.93. The molecule has 2 saturated heterocycles. The molecule has 17 heavy (non-hydrogen) atoms. The fourth-order valence-corrected chi connectivity index (χ4v) is 4.14. The number of hydrogen-bond donors (Lipinski definition) is 0. The van der Waals surface area contributed by atoms with Crippen molar-refractivity contribution in [1.29, 1.82) is 0 Å². The summed E-state index contributed by atoms with van der Waals surface area (Å²) in [6.45, 7) is 4.12. The zero-order chi connectivity index (χ0) is 11.9. The van der Waals surface area contributed by atoms with E-state index >= 15 is 0 Å². The zero-order valence-corrected chi connectivity index (χ0v) is 11.0. The molecule has 0 aromatic carbocycles. The van der Waals surface area contributed by atoms with Gasteiger partial charge in [0, 0.05) is 26.0 Å². The first-order valence-corrected chi connectivity index (χ1v) is 6.91. The minimum Gasteiger partial charge on any atom is -0.381 e. The van der Waals surface area contributed by atoms with Crippen molar-refractivity contribution in [2.75, 3.05) is 30.9 Å². The Balaban J connectivity index is 1.63. The summed E-state index contributed by atoms with van der Waals surface area (Å²) in [5.74, 6) is 2.13. The fraction of sp³-hybridized carbons (Fsp3) is 0.667. The molecule has 5 heteroatoms. The SMILES string of the molecule is COC1CSC2(C1)CN(c1ccc(C)nn1)C2. The molecule has 0 bridgehead atoms. The van der Waals surface area contributed by atoms with Crippen LogP contribution in [0.5, 0.6) is 0 Å². The molecule has 2 aliphatic heterocycles. The number of nitrogens with zero attached hydrogens (tertiary/aromatic N) is 3. The Morgan fingerprint density at radius 2 is 2.24 bits per heavy atom. The lowest BCUT2D eigenvalue weighted by Crippen LogP contribution is -2.59. The highest BCUT2D eigenvalue weighted by atomic mass is 32.2. The van der Waals surface area contributed by atoms with Gasteiger partial charge in [-0.2, -0.15) is 5.10 Å². The van der Waals surface area contributed by atoms with Crippen molar-refractivity contribution >= 4 is 17.6 Å². The monoisotopic (exact) mass is 251 g/mol. The van der Waals surface area contributed by atoms with E-state index in [1.54, 1.807) is 0 Å². The predicted molar refractivity (Wildman–Crippen MR) is 69.6 cm³/mol. The molecule has 1 unspecified atom stereocenters. The summed E-state index contributed by atoms with van der Waals surface area (Å²) in [5.41, 5.74) is 0.971. The molecule has 1 spiro atoms. The first-order valence-electron chi connectivity index (χ1n) is 5.93. The first-order chi connectivity index (χ1) is 8.21. The topological polar surface area (TPSA) is 38.2 Å². The van der Waals surface area contributed by atoms with Gasteiger partial charge in [-0.25, -0.2) is 0 Å². The normalized spacial score (nSPS) is 26.2. The molecule has 2 aliphatic rings. The highest BCUT2D eigenvalue weighted by molar-refractivity contribution is 8.01. The Morgan fingerprint density at radius 3 is 2.82 bits per heavy atom. The standard InChI is InChI=1S/C12H17N3OS/c1-9-3-4-11(14-13-9)15-7-12(8-15)5-10(16-2)6-17-12/h3-4,10H,5-8H2,1-2H3. The van der Waals surface area contributed by atoms with Crippen LogP contribution in [-0.4, -0.2) is 47.0 Å². The molecule has 1 aromatic heterocycles. The van der Waals surface area contributed by atoms with Gasteiger partial charge >= 0.3 is 0 Å². The van der Waals surface area contributed by atoms with Crippen LogP contribution < -0.4 is 4.90 Å². The van der Waals surface area contributed by atoms with Crippen molar-refractivity contribution in [2.24, 2.45) is 0 Å². The minimum absolute atomic E-state index is 0.410. The Hall–Kier alpha value is -0.810. The van der Waals surface area contributed by atoms with E-state index in [0.717, 1.165) is 30.4 Å².